The van der Waals surface area contributed by atoms with E-state index in [0.29, 0.717) is 0 Å². The lowest BCUT2D eigenvalue weighted by Crippen LogP contribution is -2.18. The molecule has 2 aliphatic rings. The monoisotopic (exact) mass is 258 g/mol. The summed E-state index contributed by atoms with van der Waals surface area (Å²) in [4.78, 5) is 2.56. The highest BCUT2D eigenvalue weighted by Crippen LogP contribution is 2.25. The number of nitrogens with zero attached hydrogens (tertiary/aromatic N) is 1. The normalized spacial score (nSPS) is 21.1. The SMILES string of the molecule is c1cc(NCC2CCCC2)ccc1CN1CCCC1. The van der Waals surface area contributed by atoms with Crippen LogP contribution in [-0.4, -0.2) is 24.5 Å². The summed E-state index contributed by atoms with van der Waals surface area (Å²) in [5.41, 5.74) is 2.74. The third-order valence-electron chi connectivity index (χ3n) is 4.63. The minimum atomic E-state index is 0.907. The first kappa shape index (κ1) is 13.0. The van der Waals surface area contributed by atoms with Gasteiger partial charge < -0.3 is 5.32 Å². The highest BCUT2D eigenvalue weighted by molar-refractivity contribution is 5.44. The predicted octanol–water partition coefficient (Wildman–Crippen LogP) is 3.88. The predicted molar refractivity (Wildman–Crippen MR) is 81.4 cm³/mol. The molecule has 1 aromatic rings. The van der Waals surface area contributed by atoms with Crippen molar-refractivity contribution in [3.63, 3.8) is 0 Å². The van der Waals surface area contributed by atoms with Crippen molar-refractivity contribution in [3.8, 4) is 0 Å². The van der Waals surface area contributed by atoms with E-state index in [4.69, 9.17) is 0 Å². The number of rotatable bonds is 5. The van der Waals surface area contributed by atoms with Gasteiger partial charge in [-0.05, 0) is 62.4 Å². The molecule has 2 heteroatoms. The minimum Gasteiger partial charge on any atom is -0.385 e. The van der Waals surface area contributed by atoms with E-state index in [0.717, 1.165) is 19.0 Å². The Balaban J connectivity index is 1.47. The second kappa shape index (κ2) is 6.42. The van der Waals surface area contributed by atoms with Gasteiger partial charge in [0, 0.05) is 18.8 Å². The van der Waals surface area contributed by atoms with Gasteiger partial charge in [-0.2, -0.15) is 0 Å². The molecule has 2 nitrogen and oxygen atoms in total. The van der Waals surface area contributed by atoms with Crippen molar-refractivity contribution in [2.75, 3.05) is 25.0 Å². The van der Waals surface area contributed by atoms with Crippen molar-refractivity contribution >= 4 is 5.69 Å². The molecule has 0 amide bonds. The molecule has 1 N–H and O–H groups in total. The number of likely N-dealkylation sites (tertiary alicyclic amines) is 1. The molecule has 0 spiro atoms. The van der Waals surface area contributed by atoms with Crippen LogP contribution in [0.1, 0.15) is 44.1 Å². The van der Waals surface area contributed by atoms with Crippen LogP contribution in [0.15, 0.2) is 24.3 Å². The van der Waals surface area contributed by atoms with Gasteiger partial charge in [0.15, 0.2) is 0 Å². The molecule has 1 aliphatic heterocycles. The van der Waals surface area contributed by atoms with Gasteiger partial charge in [0.05, 0.1) is 0 Å². The minimum absolute atomic E-state index is 0.907. The standard InChI is InChI=1S/C17H26N2/c1-2-6-15(5-1)13-18-17-9-7-16(8-10-17)14-19-11-3-4-12-19/h7-10,15,18H,1-6,11-14H2. The van der Waals surface area contributed by atoms with Crippen molar-refractivity contribution in [2.24, 2.45) is 5.92 Å². The highest BCUT2D eigenvalue weighted by atomic mass is 15.1. The molecule has 1 saturated carbocycles. The summed E-state index contributed by atoms with van der Waals surface area (Å²) < 4.78 is 0. The fourth-order valence-corrected chi connectivity index (χ4v) is 3.40. The lowest BCUT2D eigenvalue weighted by molar-refractivity contribution is 0.331. The van der Waals surface area contributed by atoms with E-state index in [1.165, 1.54) is 62.9 Å². The van der Waals surface area contributed by atoms with E-state index in [1.54, 1.807) is 0 Å². The molecule has 1 saturated heterocycles. The molecule has 1 aliphatic carbocycles. The second-order valence-corrected chi connectivity index (χ2v) is 6.21. The summed E-state index contributed by atoms with van der Waals surface area (Å²) in [5, 5.41) is 3.59. The number of benzene rings is 1. The van der Waals surface area contributed by atoms with Gasteiger partial charge in [-0.3, -0.25) is 4.90 Å². The van der Waals surface area contributed by atoms with Crippen molar-refractivity contribution in [1.82, 2.24) is 4.90 Å². The Hall–Kier alpha value is -1.02. The zero-order valence-corrected chi connectivity index (χ0v) is 11.9. The summed E-state index contributed by atoms with van der Waals surface area (Å²) in [6.45, 7) is 4.84. The van der Waals surface area contributed by atoms with E-state index < -0.39 is 0 Å². The molecule has 0 unspecified atom stereocenters. The summed E-state index contributed by atoms with van der Waals surface area (Å²) in [6.07, 6.45) is 8.45. The van der Waals surface area contributed by atoms with E-state index in [9.17, 15) is 0 Å². The third-order valence-corrected chi connectivity index (χ3v) is 4.63. The summed E-state index contributed by atoms with van der Waals surface area (Å²) in [5.74, 6) is 0.907. The maximum Gasteiger partial charge on any atom is 0.0340 e. The van der Waals surface area contributed by atoms with Gasteiger partial charge >= 0.3 is 0 Å². The van der Waals surface area contributed by atoms with Gasteiger partial charge in [-0.25, -0.2) is 0 Å². The van der Waals surface area contributed by atoms with E-state index in [-0.39, 0.29) is 0 Å². The molecular formula is C17H26N2. The Labute approximate surface area is 117 Å². The van der Waals surface area contributed by atoms with Crippen LogP contribution in [0.4, 0.5) is 5.69 Å². The van der Waals surface area contributed by atoms with Crippen molar-refractivity contribution < 1.29 is 0 Å². The molecule has 19 heavy (non-hydrogen) atoms. The first-order valence-electron chi connectivity index (χ1n) is 7.95. The lowest BCUT2D eigenvalue weighted by atomic mass is 10.1. The zero-order chi connectivity index (χ0) is 12.9. The molecule has 0 aromatic heterocycles. The van der Waals surface area contributed by atoms with Gasteiger partial charge in [0.2, 0.25) is 0 Å². The topological polar surface area (TPSA) is 15.3 Å². The first-order valence-corrected chi connectivity index (χ1v) is 7.95. The summed E-state index contributed by atoms with van der Waals surface area (Å²) >= 11 is 0. The zero-order valence-electron chi connectivity index (χ0n) is 11.9. The molecular weight excluding hydrogens is 232 g/mol. The maximum atomic E-state index is 3.59. The van der Waals surface area contributed by atoms with Gasteiger partial charge in [0.25, 0.3) is 0 Å². The number of nitrogens with one attached hydrogen (secondary N) is 1. The molecule has 0 bridgehead atoms. The number of hydrogen-bond donors (Lipinski definition) is 1. The van der Waals surface area contributed by atoms with Gasteiger partial charge in [-0.1, -0.05) is 25.0 Å². The van der Waals surface area contributed by atoms with Gasteiger partial charge in [-0.15, -0.1) is 0 Å². The second-order valence-electron chi connectivity index (χ2n) is 6.21. The van der Waals surface area contributed by atoms with Crippen molar-refractivity contribution in [3.05, 3.63) is 29.8 Å². The molecule has 0 atom stereocenters. The Bertz CT molecular complexity index is 373. The average molecular weight is 258 g/mol. The van der Waals surface area contributed by atoms with Crippen LogP contribution in [0.25, 0.3) is 0 Å². The summed E-state index contributed by atoms with van der Waals surface area (Å²) in [7, 11) is 0. The summed E-state index contributed by atoms with van der Waals surface area (Å²) in [6, 6.07) is 9.07. The van der Waals surface area contributed by atoms with Crippen LogP contribution in [-0.2, 0) is 6.54 Å². The molecule has 1 aromatic carbocycles. The molecule has 0 radical (unpaired) electrons. The Morgan fingerprint density at radius 2 is 1.63 bits per heavy atom. The van der Waals surface area contributed by atoms with Crippen molar-refractivity contribution in [2.45, 2.75) is 45.1 Å². The maximum absolute atomic E-state index is 3.59. The van der Waals surface area contributed by atoms with Crippen LogP contribution < -0.4 is 5.32 Å². The van der Waals surface area contributed by atoms with Crippen molar-refractivity contribution in [1.29, 1.82) is 0 Å². The number of anilines is 1. The largest absolute Gasteiger partial charge is 0.385 e. The average Bonchev–Trinajstić information content (AvgIpc) is 3.11. The van der Waals surface area contributed by atoms with Crippen LogP contribution in [0.3, 0.4) is 0 Å². The van der Waals surface area contributed by atoms with Crippen LogP contribution >= 0.6 is 0 Å². The van der Waals surface area contributed by atoms with Crippen LogP contribution in [0.2, 0.25) is 0 Å². The van der Waals surface area contributed by atoms with E-state index in [1.807, 2.05) is 0 Å². The molecule has 2 fully saturated rings. The smallest absolute Gasteiger partial charge is 0.0340 e. The first-order chi connectivity index (χ1) is 9.40. The number of hydrogen-bond acceptors (Lipinski definition) is 2. The quantitative estimate of drug-likeness (QED) is 0.862. The van der Waals surface area contributed by atoms with Crippen LogP contribution in [0.5, 0.6) is 0 Å². The lowest BCUT2D eigenvalue weighted by Gasteiger charge is -2.15. The Morgan fingerprint density at radius 3 is 2.32 bits per heavy atom. The highest BCUT2D eigenvalue weighted by Gasteiger charge is 2.14. The van der Waals surface area contributed by atoms with E-state index >= 15 is 0 Å². The fraction of sp³-hybridized carbons (Fsp3) is 0.647. The Morgan fingerprint density at radius 1 is 0.947 bits per heavy atom. The molecule has 1 heterocycles. The molecule has 3 rings (SSSR count). The Kier molecular flexibility index (Phi) is 4.39. The van der Waals surface area contributed by atoms with Gasteiger partial charge in [0.1, 0.15) is 0 Å². The van der Waals surface area contributed by atoms with E-state index in [2.05, 4.69) is 34.5 Å². The van der Waals surface area contributed by atoms with Crippen LogP contribution in [0, 0.1) is 5.92 Å². The fourth-order valence-electron chi connectivity index (χ4n) is 3.40. The third kappa shape index (κ3) is 3.73. The molecule has 104 valence electrons.